The molecular formula is C21H32N4O4S2. The van der Waals surface area contributed by atoms with Gasteiger partial charge in [-0.05, 0) is 36.5 Å². The molecule has 0 spiro atoms. The molecule has 0 saturated heterocycles. The summed E-state index contributed by atoms with van der Waals surface area (Å²) in [5, 5.41) is 15.2. The number of carbonyl (C=O) groups excluding carboxylic acids is 2. The second-order valence-electron chi connectivity index (χ2n) is 7.71. The lowest BCUT2D eigenvalue weighted by molar-refractivity contribution is -0.146. The number of carboxylic acids is 1. The van der Waals surface area contributed by atoms with E-state index in [1.165, 1.54) is 16.7 Å². The van der Waals surface area contributed by atoms with Crippen LogP contribution in [0.5, 0.6) is 0 Å². The summed E-state index contributed by atoms with van der Waals surface area (Å²) in [6.07, 6.45) is 2.54. The van der Waals surface area contributed by atoms with Crippen LogP contribution in [0.25, 0.3) is 0 Å². The van der Waals surface area contributed by atoms with Crippen LogP contribution in [0, 0.1) is 0 Å². The molecule has 1 aromatic carbocycles. The van der Waals surface area contributed by atoms with Crippen molar-refractivity contribution in [3.05, 3.63) is 35.4 Å². The standard InChI is InChI=1S/C21H32N4O4S2/c1-13(23-10-16(22)12-30)20(27)25-11-15-6-4-3-5-14(15)9-18(25)19(26)24-17(21(28)29)7-8-31-2/h3-6,13,16-18,23,30H,7-12,22H2,1-2H3,(H,24,26)(H,28,29)/t13-,16+,17-,18-/m0/s1. The Balaban J connectivity index is 2.20. The van der Waals surface area contributed by atoms with E-state index in [-0.39, 0.29) is 11.9 Å². The van der Waals surface area contributed by atoms with Gasteiger partial charge in [-0.25, -0.2) is 4.79 Å². The van der Waals surface area contributed by atoms with Gasteiger partial charge < -0.3 is 26.4 Å². The number of fused-ring (bicyclic) bond motifs is 1. The van der Waals surface area contributed by atoms with Gasteiger partial charge >= 0.3 is 5.97 Å². The maximum atomic E-state index is 13.2. The summed E-state index contributed by atoms with van der Waals surface area (Å²) in [6.45, 7) is 2.45. The topological polar surface area (TPSA) is 125 Å². The van der Waals surface area contributed by atoms with E-state index in [0.29, 0.717) is 37.4 Å². The molecule has 8 nitrogen and oxygen atoms in total. The maximum absolute atomic E-state index is 13.2. The third kappa shape index (κ3) is 7.13. The second kappa shape index (κ2) is 12.3. The second-order valence-corrected chi connectivity index (χ2v) is 9.06. The summed E-state index contributed by atoms with van der Waals surface area (Å²) < 4.78 is 0. The highest BCUT2D eigenvalue weighted by Gasteiger charge is 2.37. The Labute approximate surface area is 193 Å². The zero-order valence-electron chi connectivity index (χ0n) is 17.9. The number of hydrogen-bond donors (Lipinski definition) is 5. The van der Waals surface area contributed by atoms with Gasteiger partial charge in [0.15, 0.2) is 0 Å². The maximum Gasteiger partial charge on any atom is 0.326 e. The lowest BCUT2D eigenvalue weighted by atomic mass is 9.92. The number of nitrogens with one attached hydrogen (secondary N) is 2. The van der Waals surface area contributed by atoms with Gasteiger partial charge in [0.25, 0.3) is 0 Å². The van der Waals surface area contributed by atoms with Crippen LogP contribution < -0.4 is 16.4 Å². The molecule has 0 aromatic heterocycles. The van der Waals surface area contributed by atoms with Crippen molar-refractivity contribution in [2.75, 3.05) is 24.3 Å². The first-order chi connectivity index (χ1) is 14.8. The molecule has 1 aromatic rings. The number of nitrogens with two attached hydrogens (primary N) is 1. The fourth-order valence-corrected chi connectivity index (χ4v) is 4.08. The van der Waals surface area contributed by atoms with E-state index in [1.807, 2.05) is 30.5 Å². The molecule has 172 valence electrons. The molecule has 0 bridgehead atoms. The van der Waals surface area contributed by atoms with Gasteiger partial charge in [-0.2, -0.15) is 24.4 Å². The Kier molecular flexibility index (Phi) is 10.1. The molecule has 2 rings (SSSR count). The molecule has 0 fully saturated rings. The summed E-state index contributed by atoms with van der Waals surface area (Å²) in [4.78, 5) is 39.5. The first kappa shape index (κ1) is 25.5. The number of benzene rings is 1. The Hall–Kier alpha value is -1.75. The number of aliphatic carboxylic acids is 1. The van der Waals surface area contributed by atoms with Crippen LogP contribution in [-0.4, -0.2) is 76.3 Å². The van der Waals surface area contributed by atoms with Crippen molar-refractivity contribution < 1.29 is 19.5 Å². The number of thioether (sulfide) groups is 1. The zero-order chi connectivity index (χ0) is 23.0. The summed E-state index contributed by atoms with van der Waals surface area (Å²) in [5.41, 5.74) is 7.85. The lowest BCUT2D eigenvalue weighted by Crippen LogP contribution is -2.58. The highest BCUT2D eigenvalue weighted by Crippen LogP contribution is 2.24. The Morgan fingerprint density at radius 1 is 1.32 bits per heavy atom. The predicted molar refractivity (Wildman–Crippen MR) is 126 cm³/mol. The largest absolute Gasteiger partial charge is 0.480 e. The van der Waals surface area contributed by atoms with E-state index >= 15 is 0 Å². The third-order valence-corrected chi connectivity index (χ3v) is 6.46. The molecule has 1 heterocycles. The summed E-state index contributed by atoms with van der Waals surface area (Å²) >= 11 is 5.67. The summed E-state index contributed by atoms with van der Waals surface area (Å²) in [6, 6.07) is 5.18. The van der Waals surface area contributed by atoms with Crippen LogP contribution in [-0.2, 0) is 27.3 Å². The Bertz CT molecular complexity index is 780. The van der Waals surface area contributed by atoms with Crippen molar-refractivity contribution in [2.45, 2.75) is 50.5 Å². The van der Waals surface area contributed by atoms with Crippen LogP contribution in [0.2, 0.25) is 0 Å². The molecule has 0 radical (unpaired) electrons. The van der Waals surface area contributed by atoms with Crippen molar-refractivity contribution >= 4 is 42.2 Å². The van der Waals surface area contributed by atoms with Crippen LogP contribution >= 0.6 is 24.4 Å². The van der Waals surface area contributed by atoms with E-state index in [2.05, 4.69) is 23.3 Å². The van der Waals surface area contributed by atoms with Crippen molar-refractivity contribution in [1.82, 2.24) is 15.5 Å². The summed E-state index contributed by atoms with van der Waals surface area (Å²) in [7, 11) is 0. The molecule has 10 heteroatoms. The van der Waals surface area contributed by atoms with Gasteiger partial charge in [-0.1, -0.05) is 24.3 Å². The number of thiol groups is 1. The first-order valence-electron chi connectivity index (χ1n) is 10.3. The minimum absolute atomic E-state index is 0.187. The lowest BCUT2D eigenvalue weighted by Gasteiger charge is -2.38. The number of amides is 2. The molecule has 0 unspecified atom stereocenters. The predicted octanol–water partition coefficient (Wildman–Crippen LogP) is 0.498. The number of hydrogen-bond acceptors (Lipinski definition) is 7. The van der Waals surface area contributed by atoms with Gasteiger partial charge in [0.05, 0.1) is 6.04 Å². The highest BCUT2D eigenvalue weighted by atomic mass is 32.2. The quantitative estimate of drug-likeness (QED) is 0.300. The highest BCUT2D eigenvalue weighted by molar-refractivity contribution is 7.98. The van der Waals surface area contributed by atoms with Crippen molar-refractivity contribution in [3.63, 3.8) is 0 Å². The fraction of sp³-hybridized carbons (Fsp3) is 0.571. The minimum atomic E-state index is -1.08. The Morgan fingerprint density at radius 3 is 2.61 bits per heavy atom. The molecule has 0 aliphatic carbocycles. The van der Waals surface area contributed by atoms with Gasteiger partial charge in [0, 0.05) is 31.3 Å². The van der Waals surface area contributed by atoms with Crippen LogP contribution in [0.15, 0.2) is 24.3 Å². The zero-order valence-corrected chi connectivity index (χ0v) is 19.6. The number of carbonyl (C=O) groups is 3. The smallest absolute Gasteiger partial charge is 0.326 e. The van der Waals surface area contributed by atoms with Crippen LogP contribution in [0.3, 0.4) is 0 Å². The summed E-state index contributed by atoms with van der Waals surface area (Å²) in [5.74, 6) is -0.651. The van der Waals surface area contributed by atoms with Crippen molar-refractivity contribution in [3.8, 4) is 0 Å². The Morgan fingerprint density at radius 2 is 2.00 bits per heavy atom. The van der Waals surface area contributed by atoms with E-state index in [9.17, 15) is 19.5 Å². The van der Waals surface area contributed by atoms with E-state index in [0.717, 1.165) is 11.1 Å². The third-order valence-electron chi connectivity index (χ3n) is 5.35. The molecular weight excluding hydrogens is 436 g/mol. The molecule has 31 heavy (non-hydrogen) atoms. The van der Waals surface area contributed by atoms with E-state index in [1.54, 1.807) is 6.92 Å². The molecule has 5 N–H and O–H groups in total. The average Bonchev–Trinajstić information content (AvgIpc) is 2.77. The van der Waals surface area contributed by atoms with Gasteiger partial charge in [-0.3, -0.25) is 9.59 Å². The number of carboxylic acid groups (broad SMARTS) is 1. The van der Waals surface area contributed by atoms with Gasteiger partial charge in [0.1, 0.15) is 12.1 Å². The molecule has 2 amide bonds. The molecule has 0 saturated carbocycles. The van der Waals surface area contributed by atoms with Crippen LogP contribution in [0.4, 0.5) is 0 Å². The number of nitrogens with zero attached hydrogens (tertiary/aromatic N) is 1. The SMILES string of the molecule is CSCC[C@H](NC(=O)[C@@H]1Cc2ccccc2CN1C(=O)[C@H](C)NC[C@@H](N)CS)C(=O)O. The molecule has 1 aliphatic heterocycles. The van der Waals surface area contributed by atoms with E-state index < -0.39 is 30.0 Å². The van der Waals surface area contributed by atoms with E-state index in [4.69, 9.17) is 5.73 Å². The van der Waals surface area contributed by atoms with Crippen molar-refractivity contribution in [2.24, 2.45) is 5.73 Å². The van der Waals surface area contributed by atoms with Gasteiger partial charge in [-0.15, -0.1) is 0 Å². The average molecular weight is 469 g/mol. The number of rotatable bonds is 11. The van der Waals surface area contributed by atoms with Crippen LogP contribution in [0.1, 0.15) is 24.5 Å². The first-order valence-corrected chi connectivity index (χ1v) is 12.3. The van der Waals surface area contributed by atoms with Crippen molar-refractivity contribution in [1.29, 1.82) is 0 Å². The molecule has 1 aliphatic rings. The monoisotopic (exact) mass is 468 g/mol. The normalized spacial score (nSPS) is 18.6. The van der Waals surface area contributed by atoms with Gasteiger partial charge in [0.2, 0.25) is 11.8 Å². The minimum Gasteiger partial charge on any atom is -0.480 e. The molecule has 4 atom stereocenters. The fourth-order valence-electron chi connectivity index (χ4n) is 3.48.